The van der Waals surface area contributed by atoms with Gasteiger partial charge in [0.05, 0.1) is 0 Å². The van der Waals surface area contributed by atoms with Gasteiger partial charge < -0.3 is 9.64 Å². The summed E-state index contributed by atoms with van der Waals surface area (Å²) < 4.78 is 5.54. The summed E-state index contributed by atoms with van der Waals surface area (Å²) >= 11 is 0. The maximum atomic E-state index is 11.4. The van der Waals surface area contributed by atoms with Crippen molar-refractivity contribution < 1.29 is 9.53 Å². The molecule has 2 fully saturated rings. The lowest BCUT2D eigenvalue weighted by Crippen LogP contribution is -2.35. The molecule has 0 spiro atoms. The van der Waals surface area contributed by atoms with Crippen molar-refractivity contribution in [2.45, 2.75) is 37.7 Å². The van der Waals surface area contributed by atoms with E-state index in [0.29, 0.717) is 0 Å². The number of carbonyl (C=O) groups is 1. The first-order valence-electron chi connectivity index (χ1n) is 5.02. The molecule has 0 atom stereocenters. The van der Waals surface area contributed by atoms with Gasteiger partial charge in [-0.1, -0.05) is 0 Å². The second-order valence-corrected chi connectivity index (χ2v) is 4.59. The molecular weight excluding hydrogens is 166 g/mol. The summed E-state index contributed by atoms with van der Waals surface area (Å²) in [6.07, 6.45) is 5.59. The van der Waals surface area contributed by atoms with Crippen molar-refractivity contribution in [2.75, 3.05) is 14.1 Å². The summed E-state index contributed by atoms with van der Waals surface area (Å²) in [4.78, 5) is 12.9. The predicted octanol–water partition coefficient (Wildman–Crippen LogP) is 2.02. The van der Waals surface area contributed by atoms with Crippen LogP contribution in [0.5, 0.6) is 0 Å². The SMILES string of the molecule is CN(C)C(=O)OC12CCC(CC1)C2. The Bertz CT molecular complexity index is 217. The Morgan fingerprint density at radius 2 is 2.00 bits per heavy atom. The Labute approximate surface area is 79.0 Å². The summed E-state index contributed by atoms with van der Waals surface area (Å²) in [5.74, 6) is 0.829. The molecule has 1 amide bonds. The highest BCUT2D eigenvalue weighted by atomic mass is 16.6. The first-order valence-corrected chi connectivity index (χ1v) is 5.02. The van der Waals surface area contributed by atoms with E-state index in [4.69, 9.17) is 4.74 Å². The topological polar surface area (TPSA) is 29.5 Å². The zero-order valence-electron chi connectivity index (χ0n) is 8.38. The molecular formula is C10H17NO2. The molecule has 2 aliphatic rings. The standard InChI is InChI=1S/C10H17NO2/c1-11(2)9(12)13-10-5-3-8(7-10)4-6-10/h8H,3-7H2,1-2H3. The Hall–Kier alpha value is -0.730. The molecule has 2 rings (SSSR count). The van der Waals surface area contributed by atoms with Crippen molar-refractivity contribution >= 4 is 6.09 Å². The highest BCUT2D eigenvalue weighted by molar-refractivity contribution is 5.67. The second-order valence-electron chi connectivity index (χ2n) is 4.59. The number of rotatable bonds is 1. The van der Waals surface area contributed by atoms with Gasteiger partial charge in [-0.25, -0.2) is 4.79 Å². The third-order valence-electron chi connectivity index (χ3n) is 3.35. The highest BCUT2D eigenvalue weighted by Crippen LogP contribution is 2.50. The fourth-order valence-electron chi connectivity index (χ4n) is 2.56. The number of amides is 1. The van der Waals surface area contributed by atoms with Crippen LogP contribution in [0.15, 0.2) is 0 Å². The molecule has 0 aromatic rings. The number of fused-ring (bicyclic) bond motifs is 2. The van der Waals surface area contributed by atoms with Gasteiger partial charge in [0.25, 0.3) is 0 Å². The predicted molar refractivity (Wildman–Crippen MR) is 49.5 cm³/mol. The van der Waals surface area contributed by atoms with E-state index in [1.165, 1.54) is 17.7 Å². The van der Waals surface area contributed by atoms with Crippen LogP contribution in [0.25, 0.3) is 0 Å². The number of nitrogens with zero attached hydrogens (tertiary/aromatic N) is 1. The lowest BCUT2D eigenvalue weighted by molar-refractivity contribution is 0.00397. The van der Waals surface area contributed by atoms with E-state index < -0.39 is 0 Å². The van der Waals surface area contributed by atoms with Gasteiger partial charge in [0, 0.05) is 14.1 Å². The maximum absolute atomic E-state index is 11.4. The molecule has 0 aromatic carbocycles. The molecule has 0 unspecified atom stereocenters. The smallest absolute Gasteiger partial charge is 0.409 e. The van der Waals surface area contributed by atoms with Gasteiger partial charge in [-0.15, -0.1) is 0 Å². The number of carbonyl (C=O) groups excluding carboxylic acids is 1. The minimum Gasteiger partial charge on any atom is -0.443 e. The third kappa shape index (κ3) is 1.52. The van der Waals surface area contributed by atoms with Gasteiger partial charge in [-0.05, 0) is 38.0 Å². The molecule has 3 heteroatoms. The third-order valence-corrected chi connectivity index (χ3v) is 3.35. The molecule has 0 heterocycles. The van der Waals surface area contributed by atoms with Crippen molar-refractivity contribution in [1.29, 1.82) is 0 Å². The molecule has 13 heavy (non-hydrogen) atoms. The maximum Gasteiger partial charge on any atom is 0.409 e. The Balaban J connectivity index is 1.97. The summed E-state index contributed by atoms with van der Waals surface area (Å²) in [6, 6.07) is 0. The van der Waals surface area contributed by atoms with E-state index in [1.807, 2.05) is 0 Å². The van der Waals surface area contributed by atoms with Crippen LogP contribution in [0.2, 0.25) is 0 Å². The molecule has 74 valence electrons. The van der Waals surface area contributed by atoms with Gasteiger partial charge in [0.2, 0.25) is 0 Å². The monoisotopic (exact) mass is 183 g/mol. The van der Waals surface area contributed by atoms with E-state index in [0.717, 1.165) is 25.2 Å². The van der Waals surface area contributed by atoms with Gasteiger partial charge in [0.15, 0.2) is 0 Å². The molecule has 0 radical (unpaired) electrons. The van der Waals surface area contributed by atoms with Crippen molar-refractivity contribution in [3.05, 3.63) is 0 Å². The van der Waals surface area contributed by atoms with Gasteiger partial charge in [0.1, 0.15) is 5.60 Å². The Morgan fingerprint density at radius 3 is 2.38 bits per heavy atom. The summed E-state index contributed by atoms with van der Waals surface area (Å²) in [5.41, 5.74) is -0.0774. The van der Waals surface area contributed by atoms with Crippen LogP contribution in [-0.2, 0) is 4.74 Å². The Morgan fingerprint density at radius 1 is 1.38 bits per heavy atom. The first kappa shape index (κ1) is 8.85. The van der Waals surface area contributed by atoms with Gasteiger partial charge in [-0.2, -0.15) is 0 Å². The summed E-state index contributed by atoms with van der Waals surface area (Å²) in [6.45, 7) is 0. The van der Waals surface area contributed by atoms with Crippen LogP contribution in [0, 0.1) is 5.92 Å². The van der Waals surface area contributed by atoms with E-state index in [-0.39, 0.29) is 11.7 Å². The van der Waals surface area contributed by atoms with E-state index in [9.17, 15) is 4.79 Å². The molecule has 3 nitrogen and oxygen atoms in total. The Kier molecular flexibility index (Phi) is 1.97. The first-order chi connectivity index (χ1) is 6.11. The average Bonchev–Trinajstić information content (AvgIpc) is 2.62. The summed E-state index contributed by atoms with van der Waals surface area (Å²) in [7, 11) is 3.47. The van der Waals surface area contributed by atoms with Crippen molar-refractivity contribution in [3.8, 4) is 0 Å². The average molecular weight is 183 g/mol. The normalized spacial score (nSPS) is 36.3. The van der Waals surface area contributed by atoms with E-state index >= 15 is 0 Å². The van der Waals surface area contributed by atoms with E-state index in [1.54, 1.807) is 14.1 Å². The van der Waals surface area contributed by atoms with Crippen LogP contribution < -0.4 is 0 Å². The van der Waals surface area contributed by atoms with E-state index in [2.05, 4.69) is 0 Å². The molecule has 0 N–H and O–H groups in total. The lowest BCUT2D eigenvalue weighted by atomic mass is 9.97. The van der Waals surface area contributed by atoms with Crippen LogP contribution in [0.4, 0.5) is 4.79 Å². The van der Waals surface area contributed by atoms with Crippen molar-refractivity contribution in [2.24, 2.45) is 5.92 Å². The van der Waals surface area contributed by atoms with Gasteiger partial charge in [-0.3, -0.25) is 0 Å². The minimum absolute atomic E-state index is 0.0774. The number of ether oxygens (including phenoxy) is 1. The minimum atomic E-state index is -0.178. The molecule has 0 aromatic heterocycles. The number of hydrogen-bond acceptors (Lipinski definition) is 2. The largest absolute Gasteiger partial charge is 0.443 e. The molecule has 2 saturated carbocycles. The summed E-state index contributed by atoms with van der Waals surface area (Å²) in [5, 5.41) is 0. The quantitative estimate of drug-likeness (QED) is 0.622. The van der Waals surface area contributed by atoms with Crippen LogP contribution in [0.3, 0.4) is 0 Å². The lowest BCUT2D eigenvalue weighted by Gasteiger charge is -2.28. The molecule has 2 bridgehead atoms. The molecule has 0 saturated heterocycles. The fraction of sp³-hybridized carbons (Fsp3) is 0.900. The van der Waals surface area contributed by atoms with Gasteiger partial charge >= 0.3 is 6.09 Å². The fourth-order valence-corrected chi connectivity index (χ4v) is 2.56. The molecule has 0 aliphatic heterocycles. The number of hydrogen-bond donors (Lipinski definition) is 0. The second kappa shape index (κ2) is 2.89. The molecule has 2 aliphatic carbocycles. The zero-order valence-corrected chi connectivity index (χ0v) is 8.38. The highest BCUT2D eigenvalue weighted by Gasteiger charge is 2.47. The van der Waals surface area contributed by atoms with Crippen LogP contribution >= 0.6 is 0 Å². The van der Waals surface area contributed by atoms with Crippen molar-refractivity contribution in [1.82, 2.24) is 4.90 Å². The zero-order chi connectivity index (χ0) is 9.47. The van der Waals surface area contributed by atoms with Crippen LogP contribution in [-0.4, -0.2) is 30.7 Å². The van der Waals surface area contributed by atoms with Crippen molar-refractivity contribution in [3.63, 3.8) is 0 Å². The van der Waals surface area contributed by atoms with Crippen LogP contribution in [0.1, 0.15) is 32.1 Å².